The largest absolute Gasteiger partial charge is 0.377 e. The minimum absolute atomic E-state index is 0.0145. The number of rotatable bonds is 5. The van der Waals surface area contributed by atoms with E-state index in [2.05, 4.69) is 24.0 Å². The normalized spacial score (nSPS) is 19.6. The zero-order valence-corrected chi connectivity index (χ0v) is 12.7. The molecule has 112 valence electrons. The van der Waals surface area contributed by atoms with E-state index in [4.69, 9.17) is 4.74 Å². The molecule has 1 N–H and O–H groups in total. The molecule has 5 heteroatoms. The summed E-state index contributed by atoms with van der Waals surface area (Å²) in [4.78, 5) is 14.3. The zero-order chi connectivity index (χ0) is 14.5. The molecule has 1 saturated heterocycles. The Morgan fingerprint density at radius 2 is 2.40 bits per heavy atom. The summed E-state index contributed by atoms with van der Waals surface area (Å²) in [5.74, 6) is 0.566. The molecule has 1 aliphatic heterocycles. The third-order valence-corrected chi connectivity index (χ3v) is 3.55. The molecular formula is C15H25N3O2. The van der Waals surface area contributed by atoms with Crippen molar-refractivity contribution in [3.63, 3.8) is 0 Å². The van der Waals surface area contributed by atoms with Crippen LogP contribution in [0.15, 0.2) is 6.07 Å². The number of carbonyl (C=O) groups is 1. The quantitative estimate of drug-likeness (QED) is 0.899. The molecule has 1 aromatic rings. The first-order chi connectivity index (χ1) is 9.60. The molecule has 0 bridgehead atoms. The van der Waals surface area contributed by atoms with Gasteiger partial charge in [0.1, 0.15) is 5.69 Å². The third-order valence-electron chi connectivity index (χ3n) is 3.55. The number of H-pyrrole nitrogens is 1. The van der Waals surface area contributed by atoms with Crippen molar-refractivity contribution in [2.24, 2.45) is 5.92 Å². The molecule has 5 nitrogen and oxygen atoms in total. The number of amides is 1. The van der Waals surface area contributed by atoms with Crippen LogP contribution in [0.1, 0.15) is 49.8 Å². The van der Waals surface area contributed by atoms with E-state index < -0.39 is 0 Å². The van der Waals surface area contributed by atoms with Gasteiger partial charge in [-0.2, -0.15) is 5.10 Å². The van der Waals surface area contributed by atoms with Gasteiger partial charge in [-0.05, 0) is 38.2 Å². The topological polar surface area (TPSA) is 58.2 Å². The van der Waals surface area contributed by atoms with Gasteiger partial charge in [-0.1, -0.05) is 13.8 Å². The molecule has 1 atom stereocenters. The number of nitrogens with one attached hydrogen (secondary N) is 1. The summed E-state index contributed by atoms with van der Waals surface area (Å²) in [6.45, 7) is 8.48. The second kappa shape index (κ2) is 6.88. The highest BCUT2D eigenvalue weighted by Gasteiger charge is 2.26. The highest BCUT2D eigenvalue weighted by molar-refractivity contribution is 5.92. The van der Waals surface area contributed by atoms with Crippen molar-refractivity contribution in [1.82, 2.24) is 15.1 Å². The van der Waals surface area contributed by atoms with Gasteiger partial charge < -0.3 is 9.64 Å². The van der Waals surface area contributed by atoms with Crippen LogP contribution in [-0.2, 0) is 11.2 Å². The number of ether oxygens (including phenoxy) is 1. The lowest BCUT2D eigenvalue weighted by atomic mass is 10.1. The Hall–Kier alpha value is -1.36. The Morgan fingerprint density at radius 3 is 3.10 bits per heavy atom. The number of carbonyl (C=O) groups excluding carboxylic acids is 1. The molecule has 1 aromatic heterocycles. The van der Waals surface area contributed by atoms with Crippen LogP contribution < -0.4 is 0 Å². The molecule has 0 saturated carbocycles. The average Bonchev–Trinajstić information content (AvgIpc) is 2.86. The summed E-state index contributed by atoms with van der Waals surface area (Å²) < 4.78 is 5.63. The predicted molar refractivity (Wildman–Crippen MR) is 77.7 cm³/mol. The molecular weight excluding hydrogens is 254 g/mol. The predicted octanol–water partition coefficient (Wildman–Crippen LogP) is 2.25. The maximum absolute atomic E-state index is 12.4. The van der Waals surface area contributed by atoms with E-state index in [1.807, 2.05) is 17.9 Å². The smallest absolute Gasteiger partial charge is 0.274 e. The van der Waals surface area contributed by atoms with Crippen LogP contribution in [0.5, 0.6) is 0 Å². The van der Waals surface area contributed by atoms with Gasteiger partial charge in [0.25, 0.3) is 5.91 Å². The van der Waals surface area contributed by atoms with E-state index in [0.717, 1.165) is 31.5 Å². The monoisotopic (exact) mass is 279 g/mol. The van der Waals surface area contributed by atoms with Crippen molar-refractivity contribution in [1.29, 1.82) is 0 Å². The van der Waals surface area contributed by atoms with E-state index in [1.165, 1.54) is 0 Å². The van der Waals surface area contributed by atoms with Crippen LogP contribution in [-0.4, -0.2) is 46.8 Å². The van der Waals surface area contributed by atoms with Crippen LogP contribution in [0, 0.1) is 5.92 Å². The average molecular weight is 279 g/mol. The van der Waals surface area contributed by atoms with Gasteiger partial charge in [-0.3, -0.25) is 9.89 Å². The van der Waals surface area contributed by atoms with E-state index in [0.29, 0.717) is 24.8 Å². The number of hydrogen-bond donors (Lipinski definition) is 1. The van der Waals surface area contributed by atoms with Gasteiger partial charge in [0.2, 0.25) is 0 Å². The first-order valence-electron chi connectivity index (χ1n) is 7.55. The number of aromatic nitrogens is 2. The Kier molecular flexibility index (Phi) is 5.17. The lowest BCUT2D eigenvalue weighted by Crippen LogP contribution is -2.43. The molecule has 0 unspecified atom stereocenters. The van der Waals surface area contributed by atoms with Gasteiger partial charge in [0, 0.05) is 25.4 Å². The Labute approximate surface area is 120 Å². The van der Waals surface area contributed by atoms with Gasteiger partial charge >= 0.3 is 0 Å². The van der Waals surface area contributed by atoms with Gasteiger partial charge in [-0.25, -0.2) is 0 Å². The fraction of sp³-hybridized carbons (Fsp3) is 0.733. The standard InChI is InChI=1S/C15H25N3O2/c1-4-20-13-6-5-7-18(10-13)15(19)14-9-12(16-17-14)8-11(2)3/h9,11,13H,4-8,10H2,1-3H3,(H,16,17)/t13-/m1/s1. The van der Waals surface area contributed by atoms with Gasteiger partial charge in [0.15, 0.2) is 0 Å². The number of likely N-dealkylation sites (tertiary alicyclic amines) is 1. The Balaban J connectivity index is 1.97. The summed E-state index contributed by atoms with van der Waals surface area (Å²) in [6.07, 6.45) is 3.13. The van der Waals surface area contributed by atoms with Crippen molar-refractivity contribution in [2.45, 2.75) is 46.1 Å². The van der Waals surface area contributed by atoms with Crippen LogP contribution in [0.3, 0.4) is 0 Å². The lowest BCUT2D eigenvalue weighted by Gasteiger charge is -2.32. The van der Waals surface area contributed by atoms with Crippen molar-refractivity contribution < 1.29 is 9.53 Å². The highest BCUT2D eigenvalue weighted by Crippen LogP contribution is 2.16. The summed E-state index contributed by atoms with van der Waals surface area (Å²) in [5, 5.41) is 7.12. The summed E-state index contributed by atoms with van der Waals surface area (Å²) in [5.41, 5.74) is 1.56. The first kappa shape index (κ1) is 15.0. The molecule has 2 rings (SSSR count). The molecule has 20 heavy (non-hydrogen) atoms. The molecule has 0 spiro atoms. The fourth-order valence-electron chi connectivity index (χ4n) is 2.67. The van der Waals surface area contributed by atoms with Gasteiger partial charge in [-0.15, -0.1) is 0 Å². The lowest BCUT2D eigenvalue weighted by molar-refractivity contribution is 0.00703. The summed E-state index contributed by atoms with van der Waals surface area (Å²) in [7, 11) is 0. The van der Waals surface area contributed by atoms with E-state index >= 15 is 0 Å². The maximum atomic E-state index is 12.4. The van der Waals surface area contributed by atoms with Crippen LogP contribution in [0.25, 0.3) is 0 Å². The molecule has 2 heterocycles. The molecule has 0 radical (unpaired) electrons. The second-order valence-electron chi connectivity index (χ2n) is 5.85. The van der Waals surface area contributed by atoms with Gasteiger partial charge in [0.05, 0.1) is 6.10 Å². The maximum Gasteiger partial charge on any atom is 0.274 e. The van der Waals surface area contributed by atoms with Crippen LogP contribution >= 0.6 is 0 Å². The molecule has 1 aliphatic rings. The molecule has 0 aliphatic carbocycles. The van der Waals surface area contributed by atoms with E-state index in [9.17, 15) is 4.79 Å². The first-order valence-corrected chi connectivity index (χ1v) is 7.55. The van der Waals surface area contributed by atoms with Crippen LogP contribution in [0.4, 0.5) is 0 Å². The second-order valence-corrected chi connectivity index (χ2v) is 5.85. The minimum Gasteiger partial charge on any atom is -0.377 e. The van der Waals surface area contributed by atoms with E-state index in [1.54, 1.807) is 0 Å². The number of piperidine rings is 1. The fourth-order valence-corrected chi connectivity index (χ4v) is 2.67. The highest BCUT2D eigenvalue weighted by atomic mass is 16.5. The number of nitrogens with zero attached hydrogens (tertiary/aromatic N) is 2. The van der Waals surface area contributed by atoms with Crippen molar-refractivity contribution in [3.05, 3.63) is 17.5 Å². The molecule has 0 aromatic carbocycles. The third kappa shape index (κ3) is 3.82. The summed E-state index contributed by atoms with van der Waals surface area (Å²) >= 11 is 0. The van der Waals surface area contributed by atoms with E-state index in [-0.39, 0.29) is 12.0 Å². The molecule has 1 fully saturated rings. The number of aromatic amines is 1. The Morgan fingerprint density at radius 1 is 1.60 bits per heavy atom. The minimum atomic E-state index is 0.0145. The zero-order valence-electron chi connectivity index (χ0n) is 12.7. The van der Waals surface area contributed by atoms with Crippen LogP contribution in [0.2, 0.25) is 0 Å². The van der Waals surface area contributed by atoms with Crippen molar-refractivity contribution in [3.8, 4) is 0 Å². The summed E-state index contributed by atoms with van der Waals surface area (Å²) in [6, 6.07) is 1.88. The SMILES string of the molecule is CCO[C@@H]1CCCN(C(=O)c2cc(CC(C)C)[nH]n2)C1. The Bertz CT molecular complexity index is 440. The number of hydrogen-bond acceptors (Lipinski definition) is 3. The molecule has 1 amide bonds. The van der Waals surface area contributed by atoms with Crippen molar-refractivity contribution >= 4 is 5.91 Å². The van der Waals surface area contributed by atoms with Crippen molar-refractivity contribution in [2.75, 3.05) is 19.7 Å².